The third kappa shape index (κ3) is 4.51. The Morgan fingerprint density at radius 2 is 1.94 bits per heavy atom. The minimum absolute atomic E-state index is 0.166. The molecule has 1 aromatic carbocycles. The van der Waals surface area contributed by atoms with E-state index in [4.69, 9.17) is 0 Å². The van der Waals surface area contributed by atoms with Crippen LogP contribution >= 0.6 is 0 Å². The fraction of sp³-hybridized carbons (Fsp3) is 0.217. The van der Waals surface area contributed by atoms with E-state index in [1.165, 1.54) is 29.1 Å². The van der Waals surface area contributed by atoms with Crippen molar-refractivity contribution >= 4 is 22.7 Å². The molecule has 0 aliphatic heterocycles. The first-order valence-corrected chi connectivity index (χ1v) is 10.4. The molecular weight excluding hydrogens is 411 g/mol. The standard InChI is InChI=1S/C23H23FN6O2/c1-2-3-4-5-6-14-29-22(32)18-15-25-23(26-17-12-10-16(24)11-13-17)28-21(18)30(29)19-8-7-9-20(31)27-19/h5-13,15H,2-4,14H2,1H3,(H,27,31)(H,25,26,28)/b6-5-. The number of nitrogens with one attached hydrogen (secondary N) is 1. The molecule has 3 aromatic heterocycles. The summed E-state index contributed by atoms with van der Waals surface area (Å²) < 4.78 is 16.3. The molecule has 32 heavy (non-hydrogen) atoms. The van der Waals surface area contributed by atoms with Gasteiger partial charge in [0.05, 0.1) is 6.54 Å². The van der Waals surface area contributed by atoms with Crippen molar-refractivity contribution in [1.82, 2.24) is 24.3 Å². The zero-order chi connectivity index (χ0) is 22.5. The summed E-state index contributed by atoms with van der Waals surface area (Å²) in [5.41, 5.74) is 0.682. The van der Waals surface area contributed by atoms with E-state index >= 15 is 0 Å². The fourth-order valence-corrected chi connectivity index (χ4v) is 3.29. The van der Waals surface area contributed by atoms with Gasteiger partial charge in [0, 0.05) is 18.0 Å². The van der Waals surface area contributed by atoms with Crippen LogP contribution in [0.25, 0.3) is 16.9 Å². The van der Waals surface area contributed by atoms with Gasteiger partial charge >= 0.3 is 0 Å². The van der Waals surface area contributed by atoms with Crippen LogP contribution in [0.5, 0.6) is 5.88 Å². The highest BCUT2D eigenvalue weighted by Gasteiger charge is 2.18. The largest absolute Gasteiger partial charge is 0.493 e. The minimum Gasteiger partial charge on any atom is -0.493 e. The molecule has 2 N–H and O–H groups in total. The van der Waals surface area contributed by atoms with E-state index in [-0.39, 0.29) is 23.2 Å². The van der Waals surface area contributed by atoms with Crippen molar-refractivity contribution in [2.24, 2.45) is 0 Å². The van der Waals surface area contributed by atoms with E-state index in [0.717, 1.165) is 19.3 Å². The smallest absolute Gasteiger partial charge is 0.278 e. The highest BCUT2D eigenvalue weighted by atomic mass is 19.1. The SMILES string of the molecule is CCCC/C=C\Cn1c(=O)c2cnc(Nc3ccc(F)cc3)nc2n1-c1cccc(O)n1. The summed E-state index contributed by atoms with van der Waals surface area (Å²) in [6, 6.07) is 10.6. The maximum absolute atomic E-state index is 13.2. The number of fused-ring (bicyclic) bond motifs is 1. The maximum atomic E-state index is 13.2. The predicted octanol–water partition coefficient (Wildman–Crippen LogP) is 4.31. The fourth-order valence-electron chi connectivity index (χ4n) is 3.29. The Hall–Kier alpha value is -4.01. The van der Waals surface area contributed by atoms with Gasteiger partial charge in [-0.05, 0) is 36.8 Å². The lowest BCUT2D eigenvalue weighted by Gasteiger charge is -2.10. The Bertz CT molecular complexity index is 1310. The topological polar surface area (TPSA) is 97.9 Å². The van der Waals surface area contributed by atoms with Crippen molar-refractivity contribution in [3.8, 4) is 11.7 Å². The van der Waals surface area contributed by atoms with Gasteiger partial charge < -0.3 is 10.4 Å². The van der Waals surface area contributed by atoms with Gasteiger partial charge in [0.25, 0.3) is 5.56 Å². The second-order valence-electron chi connectivity index (χ2n) is 7.23. The van der Waals surface area contributed by atoms with E-state index in [9.17, 15) is 14.3 Å². The number of allylic oxidation sites excluding steroid dienone is 2. The Balaban J connectivity index is 1.79. The van der Waals surface area contributed by atoms with Gasteiger partial charge in [-0.1, -0.05) is 38.0 Å². The van der Waals surface area contributed by atoms with Gasteiger partial charge in [-0.15, -0.1) is 0 Å². The van der Waals surface area contributed by atoms with Crippen LogP contribution in [0.3, 0.4) is 0 Å². The molecule has 0 spiro atoms. The number of anilines is 2. The number of halogens is 1. The quantitative estimate of drug-likeness (QED) is 0.317. The van der Waals surface area contributed by atoms with E-state index in [1.54, 1.807) is 28.9 Å². The summed E-state index contributed by atoms with van der Waals surface area (Å²) >= 11 is 0. The number of pyridine rings is 1. The van der Waals surface area contributed by atoms with Crippen molar-refractivity contribution in [3.63, 3.8) is 0 Å². The molecule has 0 atom stereocenters. The zero-order valence-corrected chi connectivity index (χ0v) is 17.6. The van der Waals surface area contributed by atoms with Crippen molar-refractivity contribution in [2.75, 3.05) is 5.32 Å². The first-order chi connectivity index (χ1) is 15.6. The van der Waals surface area contributed by atoms with Crippen LogP contribution in [0.15, 0.2) is 65.6 Å². The van der Waals surface area contributed by atoms with Crippen molar-refractivity contribution in [3.05, 3.63) is 77.0 Å². The highest BCUT2D eigenvalue weighted by molar-refractivity contribution is 5.77. The van der Waals surface area contributed by atoms with E-state index < -0.39 is 0 Å². The van der Waals surface area contributed by atoms with Crippen LogP contribution in [0.2, 0.25) is 0 Å². The molecule has 3 heterocycles. The third-order valence-electron chi connectivity index (χ3n) is 4.88. The molecule has 4 rings (SSSR count). The lowest BCUT2D eigenvalue weighted by molar-refractivity contribution is 0.450. The molecule has 0 fully saturated rings. The average molecular weight is 434 g/mol. The van der Waals surface area contributed by atoms with Crippen LogP contribution in [-0.4, -0.2) is 29.4 Å². The van der Waals surface area contributed by atoms with Crippen molar-refractivity contribution in [2.45, 2.75) is 32.7 Å². The van der Waals surface area contributed by atoms with Crippen molar-refractivity contribution < 1.29 is 9.50 Å². The third-order valence-corrected chi connectivity index (χ3v) is 4.88. The maximum Gasteiger partial charge on any atom is 0.278 e. The summed E-state index contributed by atoms with van der Waals surface area (Å²) in [6.45, 7) is 2.44. The Morgan fingerprint density at radius 1 is 1.12 bits per heavy atom. The number of benzene rings is 1. The molecule has 0 aliphatic carbocycles. The van der Waals surface area contributed by atoms with Crippen LogP contribution in [0.4, 0.5) is 16.0 Å². The Morgan fingerprint density at radius 3 is 2.69 bits per heavy atom. The summed E-state index contributed by atoms with van der Waals surface area (Å²) in [6.07, 6.45) is 8.53. The van der Waals surface area contributed by atoms with Crippen LogP contribution < -0.4 is 10.9 Å². The monoisotopic (exact) mass is 434 g/mol. The molecule has 0 amide bonds. The molecule has 0 saturated carbocycles. The molecule has 164 valence electrons. The van der Waals surface area contributed by atoms with E-state index in [2.05, 4.69) is 27.2 Å². The molecule has 0 aliphatic rings. The number of unbranched alkanes of at least 4 members (excludes halogenated alkanes) is 2. The molecule has 0 bridgehead atoms. The first kappa shape index (κ1) is 21.2. The first-order valence-electron chi connectivity index (χ1n) is 10.4. The average Bonchev–Trinajstić information content (AvgIpc) is 3.06. The highest BCUT2D eigenvalue weighted by Crippen LogP contribution is 2.19. The number of aromatic hydroxyl groups is 1. The second-order valence-corrected chi connectivity index (χ2v) is 7.23. The molecule has 8 nitrogen and oxygen atoms in total. The number of hydrogen-bond donors (Lipinski definition) is 2. The van der Waals surface area contributed by atoms with Gasteiger partial charge in [-0.25, -0.2) is 18.7 Å². The zero-order valence-electron chi connectivity index (χ0n) is 17.6. The molecule has 9 heteroatoms. The van der Waals surface area contributed by atoms with Gasteiger partial charge in [0.1, 0.15) is 11.2 Å². The predicted molar refractivity (Wildman–Crippen MR) is 121 cm³/mol. The Kier molecular flexibility index (Phi) is 6.25. The number of nitrogens with zero attached hydrogens (tertiary/aromatic N) is 5. The van der Waals surface area contributed by atoms with Crippen LogP contribution in [-0.2, 0) is 6.54 Å². The second kappa shape index (κ2) is 9.42. The molecule has 0 radical (unpaired) electrons. The molecule has 0 saturated heterocycles. The number of aromatic nitrogens is 5. The normalized spacial score (nSPS) is 11.4. The van der Waals surface area contributed by atoms with Crippen LogP contribution in [0, 0.1) is 5.82 Å². The van der Waals surface area contributed by atoms with E-state index in [0.29, 0.717) is 29.1 Å². The number of hydrogen-bond acceptors (Lipinski definition) is 6. The lowest BCUT2D eigenvalue weighted by atomic mass is 10.2. The van der Waals surface area contributed by atoms with Gasteiger partial charge in [0.15, 0.2) is 11.5 Å². The van der Waals surface area contributed by atoms with Crippen LogP contribution in [0.1, 0.15) is 26.2 Å². The molecule has 4 aromatic rings. The van der Waals surface area contributed by atoms with Crippen molar-refractivity contribution in [1.29, 1.82) is 0 Å². The molecule has 0 unspecified atom stereocenters. The van der Waals surface area contributed by atoms with Gasteiger partial charge in [0.2, 0.25) is 11.8 Å². The summed E-state index contributed by atoms with van der Waals surface area (Å²) in [5, 5.41) is 13.2. The summed E-state index contributed by atoms with van der Waals surface area (Å²) in [7, 11) is 0. The molecular formula is C23H23FN6O2. The minimum atomic E-state index is -0.347. The summed E-state index contributed by atoms with van der Waals surface area (Å²) in [4.78, 5) is 26.0. The number of rotatable bonds is 8. The summed E-state index contributed by atoms with van der Waals surface area (Å²) in [5.74, 6) is 0.0829. The Labute approximate surface area is 183 Å². The van der Waals surface area contributed by atoms with Gasteiger partial charge in [-0.2, -0.15) is 9.97 Å². The lowest BCUT2D eigenvalue weighted by Crippen LogP contribution is -2.22. The van der Waals surface area contributed by atoms with Gasteiger partial charge in [-0.3, -0.25) is 4.79 Å². The van der Waals surface area contributed by atoms with E-state index in [1.807, 2.05) is 12.2 Å².